The van der Waals surface area contributed by atoms with Crippen LogP contribution >= 0.6 is 0 Å². The molecule has 0 aliphatic heterocycles. The third-order valence-corrected chi connectivity index (χ3v) is 2.14. The molecule has 1 aromatic rings. The topological polar surface area (TPSA) is 77.8 Å². The molecule has 1 aromatic heterocycles. The van der Waals surface area contributed by atoms with Gasteiger partial charge >= 0.3 is 0 Å². The van der Waals surface area contributed by atoms with E-state index in [1.807, 2.05) is 13.0 Å². The van der Waals surface area contributed by atoms with Crippen LogP contribution in [0.15, 0.2) is 18.3 Å². The molecule has 17 heavy (non-hydrogen) atoms. The Bertz CT molecular complexity index is 411. The second-order valence-corrected chi connectivity index (χ2v) is 3.54. The molecule has 0 aromatic carbocycles. The fourth-order valence-electron chi connectivity index (χ4n) is 1.28. The lowest BCUT2D eigenvalue weighted by molar-refractivity contribution is -0.120. The van der Waals surface area contributed by atoms with Crippen molar-refractivity contribution in [1.82, 2.24) is 10.3 Å². The lowest BCUT2D eigenvalue weighted by Gasteiger charge is -2.06. The Morgan fingerprint density at radius 2 is 2.35 bits per heavy atom. The highest BCUT2D eigenvalue weighted by Gasteiger charge is 2.03. The summed E-state index contributed by atoms with van der Waals surface area (Å²) in [5.41, 5.74) is 0.487. The largest absolute Gasteiger partial charge is 0.368 e. The molecule has 1 amide bonds. The van der Waals surface area contributed by atoms with Crippen molar-refractivity contribution in [2.75, 3.05) is 18.4 Å². The number of amides is 1. The van der Waals surface area contributed by atoms with Crippen LogP contribution in [0.2, 0.25) is 0 Å². The van der Waals surface area contributed by atoms with Crippen molar-refractivity contribution < 1.29 is 4.79 Å². The molecule has 5 heteroatoms. The van der Waals surface area contributed by atoms with Gasteiger partial charge in [0.2, 0.25) is 5.91 Å². The van der Waals surface area contributed by atoms with E-state index >= 15 is 0 Å². The van der Waals surface area contributed by atoms with E-state index in [-0.39, 0.29) is 5.91 Å². The average Bonchev–Trinajstić information content (AvgIpc) is 2.37. The van der Waals surface area contributed by atoms with E-state index < -0.39 is 0 Å². The van der Waals surface area contributed by atoms with Crippen LogP contribution in [0, 0.1) is 11.3 Å². The highest BCUT2D eigenvalue weighted by molar-refractivity contribution is 5.76. The quantitative estimate of drug-likeness (QED) is 0.774. The number of rotatable bonds is 6. The number of carbonyl (C=O) groups is 1. The minimum atomic E-state index is 0.00814. The molecule has 0 saturated heterocycles. The van der Waals surface area contributed by atoms with E-state index in [2.05, 4.69) is 15.6 Å². The zero-order valence-corrected chi connectivity index (χ0v) is 9.86. The highest BCUT2D eigenvalue weighted by atomic mass is 16.1. The van der Waals surface area contributed by atoms with E-state index in [0.29, 0.717) is 30.9 Å². The zero-order valence-electron chi connectivity index (χ0n) is 9.86. The summed E-state index contributed by atoms with van der Waals surface area (Å²) in [5, 5.41) is 14.6. The molecule has 5 nitrogen and oxygen atoms in total. The third kappa shape index (κ3) is 4.51. The van der Waals surface area contributed by atoms with Crippen LogP contribution in [-0.4, -0.2) is 24.0 Å². The Kier molecular flexibility index (Phi) is 5.52. The molecule has 90 valence electrons. The first-order chi connectivity index (χ1) is 8.27. The Hall–Kier alpha value is -2.09. The van der Waals surface area contributed by atoms with Crippen LogP contribution in [-0.2, 0) is 4.79 Å². The van der Waals surface area contributed by atoms with E-state index in [9.17, 15) is 4.79 Å². The molecule has 0 spiro atoms. The van der Waals surface area contributed by atoms with Crippen LogP contribution in [0.4, 0.5) is 5.82 Å². The predicted octanol–water partition coefficient (Wildman–Crippen LogP) is 1.28. The van der Waals surface area contributed by atoms with Crippen molar-refractivity contribution in [1.29, 1.82) is 5.26 Å². The van der Waals surface area contributed by atoms with Crippen molar-refractivity contribution in [2.45, 2.75) is 19.8 Å². The lowest BCUT2D eigenvalue weighted by atomic mass is 10.3. The molecule has 0 fully saturated rings. The van der Waals surface area contributed by atoms with Gasteiger partial charge in [-0.2, -0.15) is 5.26 Å². The fraction of sp³-hybridized carbons (Fsp3) is 0.417. The number of aromatic nitrogens is 1. The van der Waals surface area contributed by atoms with Crippen LogP contribution in [0.3, 0.4) is 0 Å². The average molecular weight is 232 g/mol. The van der Waals surface area contributed by atoms with Gasteiger partial charge in [-0.15, -0.1) is 0 Å². The van der Waals surface area contributed by atoms with Gasteiger partial charge in [0.05, 0.1) is 5.56 Å². The summed E-state index contributed by atoms with van der Waals surface area (Å²) in [6.07, 6.45) is 2.92. The first-order valence-electron chi connectivity index (χ1n) is 5.63. The molecule has 0 aliphatic carbocycles. The molecule has 2 N–H and O–H groups in total. The Labute approximate surface area is 101 Å². The van der Waals surface area contributed by atoms with Gasteiger partial charge in [-0.3, -0.25) is 4.79 Å². The molecule has 1 heterocycles. The number of carbonyl (C=O) groups excluding carboxylic acids is 1. The molecule has 0 aliphatic rings. The van der Waals surface area contributed by atoms with E-state index in [1.165, 1.54) is 0 Å². The van der Waals surface area contributed by atoms with Gasteiger partial charge in [-0.1, -0.05) is 6.92 Å². The summed E-state index contributed by atoms with van der Waals surface area (Å²) in [4.78, 5) is 15.4. The van der Waals surface area contributed by atoms with Crippen molar-refractivity contribution in [3.8, 4) is 6.07 Å². The molecule has 0 saturated carbocycles. The number of nitriles is 1. The summed E-state index contributed by atoms with van der Waals surface area (Å²) in [6.45, 7) is 3.18. The summed E-state index contributed by atoms with van der Waals surface area (Å²) in [7, 11) is 0. The first kappa shape index (κ1) is 13.0. The van der Waals surface area contributed by atoms with Crippen molar-refractivity contribution in [3.63, 3.8) is 0 Å². The summed E-state index contributed by atoms with van der Waals surface area (Å²) in [6, 6.07) is 5.44. The van der Waals surface area contributed by atoms with Crippen molar-refractivity contribution in [3.05, 3.63) is 23.9 Å². The SMILES string of the molecule is CCCNC(=O)CCNc1ncccc1C#N. The number of nitrogens with one attached hydrogen (secondary N) is 2. The fourth-order valence-corrected chi connectivity index (χ4v) is 1.28. The predicted molar refractivity (Wildman–Crippen MR) is 65.4 cm³/mol. The Morgan fingerprint density at radius 3 is 3.06 bits per heavy atom. The maximum atomic E-state index is 11.3. The maximum absolute atomic E-state index is 11.3. The van der Waals surface area contributed by atoms with Crippen molar-refractivity contribution >= 4 is 11.7 Å². The summed E-state index contributed by atoms with van der Waals surface area (Å²) < 4.78 is 0. The number of pyridine rings is 1. The van der Waals surface area contributed by atoms with Gasteiger partial charge in [0.15, 0.2) is 0 Å². The summed E-state index contributed by atoms with van der Waals surface area (Å²) in [5.74, 6) is 0.534. The molecule has 1 rings (SSSR count). The molecular formula is C12H16N4O. The van der Waals surface area contributed by atoms with Crippen molar-refractivity contribution in [2.24, 2.45) is 0 Å². The highest BCUT2D eigenvalue weighted by Crippen LogP contribution is 2.08. The normalized spacial score (nSPS) is 9.41. The maximum Gasteiger partial charge on any atom is 0.221 e. The van der Waals surface area contributed by atoms with Crippen LogP contribution in [0.25, 0.3) is 0 Å². The molecule has 0 bridgehead atoms. The van der Waals surface area contributed by atoms with Gasteiger partial charge < -0.3 is 10.6 Å². The van der Waals surface area contributed by atoms with Gasteiger partial charge in [0.25, 0.3) is 0 Å². The van der Waals surface area contributed by atoms with Crippen LogP contribution in [0.5, 0.6) is 0 Å². The minimum absolute atomic E-state index is 0.00814. The summed E-state index contributed by atoms with van der Waals surface area (Å²) >= 11 is 0. The minimum Gasteiger partial charge on any atom is -0.368 e. The van der Waals surface area contributed by atoms with E-state index in [4.69, 9.17) is 5.26 Å². The Morgan fingerprint density at radius 1 is 1.53 bits per heavy atom. The number of hydrogen-bond donors (Lipinski definition) is 2. The van der Waals surface area contributed by atoms with Gasteiger partial charge in [-0.05, 0) is 18.6 Å². The van der Waals surface area contributed by atoms with E-state index in [0.717, 1.165) is 6.42 Å². The van der Waals surface area contributed by atoms with Crippen LogP contribution < -0.4 is 10.6 Å². The first-order valence-corrected chi connectivity index (χ1v) is 5.63. The van der Waals surface area contributed by atoms with Gasteiger partial charge in [0, 0.05) is 25.7 Å². The smallest absolute Gasteiger partial charge is 0.221 e. The lowest BCUT2D eigenvalue weighted by Crippen LogP contribution is -2.26. The molecule has 0 unspecified atom stereocenters. The molecule has 0 radical (unpaired) electrons. The monoisotopic (exact) mass is 232 g/mol. The molecule has 0 atom stereocenters. The third-order valence-electron chi connectivity index (χ3n) is 2.14. The standard InChI is InChI=1S/C12H16N4O/c1-2-6-14-11(17)5-8-16-12-10(9-13)4-3-7-15-12/h3-4,7H,2,5-6,8H2,1H3,(H,14,17)(H,15,16). The second-order valence-electron chi connectivity index (χ2n) is 3.54. The van der Waals surface area contributed by atoms with Crippen LogP contribution in [0.1, 0.15) is 25.3 Å². The zero-order chi connectivity index (χ0) is 12.5. The number of nitrogens with zero attached hydrogens (tertiary/aromatic N) is 2. The Balaban J connectivity index is 2.36. The van der Waals surface area contributed by atoms with E-state index in [1.54, 1.807) is 18.3 Å². The van der Waals surface area contributed by atoms with Gasteiger partial charge in [0.1, 0.15) is 11.9 Å². The van der Waals surface area contributed by atoms with Gasteiger partial charge in [-0.25, -0.2) is 4.98 Å². The molecular weight excluding hydrogens is 216 g/mol. The second kappa shape index (κ2) is 7.23. The number of hydrogen-bond acceptors (Lipinski definition) is 4. The number of anilines is 1.